The number of aryl methyl sites for hydroxylation is 1. The smallest absolute Gasteiger partial charge is 0.247 e. The molecule has 5 rings (SSSR count). The van der Waals surface area contributed by atoms with Gasteiger partial charge in [-0.1, -0.05) is 26.0 Å². The molecule has 3 atom stereocenters. The third-order valence-electron chi connectivity index (χ3n) is 7.26. The van der Waals surface area contributed by atoms with Crippen LogP contribution >= 0.6 is 0 Å². The molecule has 0 bridgehead atoms. The average Bonchev–Trinajstić information content (AvgIpc) is 3.37. The molecule has 1 aromatic carbocycles. The lowest BCUT2D eigenvalue weighted by Crippen LogP contribution is -2.48. The molecule has 2 aliphatic heterocycles. The van der Waals surface area contributed by atoms with E-state index in [2.05, 4.69) is 14.9 Å². The van der Waals surface area contributed by atoms with Crippen molar-refractivity contribution in [3.8, 4) is 11.4 Å². The summed E-state index contributed by atoms with van der Waals surface area (Å²) in [6, 6.07) is 6.85. The number of hydrogen-bond acceptors (Lipinski definition) is 4. The predicted octanol–water partition coefficient (Wildman–Crippen LogP) is 4.19. The van der Waals surface area contributed by atoms with Crippen LogP contribution in [-0.4, -0.2) is 38.2 Å². The van der Waals surface area contributed by atoms with Crippen molar-refractivity contribution < 1.29 is 14.4 Å². The number of nitrogens with zero attached hydrogens (tertiary/aromatic N) is 3. The molecule has 34 heavy (non-hydrogen) atoms. The molecule has 2 aromatic rings. The summed E-state index contributed by atoms with van der Waals surface area (Å²) in [5.74, 6) is -0.285. The van der Waals surface area contributed by atoms with E-state index >= 15 is 0 Å². The summed E-state index contributed by atoms with van der Waals surface area (Å²) in [6.07, 6.45) is 10.9. The first-order valence-electron chi connectivity index (χ1n) is 12.4. The number of carbonyl (C=O) groups excluding carboxylic acids is 3. The van der Waals surface area contributed by atoms with Crippen molar-refractivity contribution in [2.45, 2.75) is 65.0 Å². The molecule has 0 saturated carbocycles. The van der Waals surface area contributed by atoms with Crippen LogP contribution in [0, 0.1) is 17.8 Å². The van der Waals surface area contributed by atoms with E-state index in [1.54, 1.807) is 0 Å². The van der Waals surface area contributed by atoms with E-state index in [-0.39, 0.29) is 35.5 Å². The second-order valence-corrected chi connectivity index (χ2v) is 10.1. The molecule has 0 radical (unpaired) electrons. The highest BCUT2D eigenvalue weighted by Crippen LogP contribution is 2.37. The summed E-state index contributed by atoms with van der Waals surface area (Å²) >= 11 is 0. The lowest BCUT2D eigenvalue weighted by atomic mass is 9.85. The van der Waals surface area contributed by atoms with Gasteiger partial charge in [-0.3, -0.25) is 19.3 Å². The maximum atomic E-state index is 13.3. The predicted molar refractivity (Wildman–Crippen MR) is 130 cm³/mol. The molecule has 178 valence electrons. The van der Waals surface area contributed by atoms with Crippen LogP contribution in [0.5, 0.6) is 0 Å². The Morgan fingerprint density at radius 3 is 2.38 bits per heavy atom. The summed E-state index contributed by atoms with van der Waals surface area (Å²) in [6.45, 7) is 4.98. The van der Waals surface area contributed by atoms with Crippen molar-refractivity contribution in [2.24, 2.45) is 17.8 Å². The Morgan fingerprint density at radius 1 is 1.06 bits per heavy atom. The summed E-state index contributed by atoms with van der Waals surface area (Å²) in [5.41, 5.74) is 2.92. The van der Waals surface area contributed by atoms with Gasteiger partial charge in [-0.2, -0.15) is 0 Å². The van der Waals surface area contributed by atoms with Crippen LogP contribution in [0.1, 0.15) is 51.6 Å². The van der Waals surface area contributed by atoms with Crippen molar-refractivity contribution in [1.82, 2.24) is 14.5 Å². The van der Waals surface area contributed by atoms with E-state index in [0.29, 0.717) is 24.9 Å². The van der Waals surface area contributed by atoms with Gasteiger partial charge in [0.2, 0.25) is 17.7 Å². The number of imidazole rings is 1. The highest BCUT2D eigenvalue weighted by Gasteiger charge is 2.51. The minimum Gasteiger partial charge on any atom is -0.328 e. The molecule has 1 fully saturated rings. The number of carbonyl (C=O) groups is 3. The van der Waals surface area contributed by atoms with E-state index in [0.717, 1.165) is 30.8 Å². The van der Waals surface area contributed by atoms with Crippen LogP contribution in [0.3, 0.4) is 0 Å². The van der Waals surface area contributed by atoms with Gasteiger partial charge in [-0.05, 0) is 68.7 Å². The van der Waals surface area contributed by atoms with Gasteiger partial charge in [0.1, 0.15) is 11.9 Å². The van der Waals surface area contributed by atoms with Crippen LogP contribution in [0.15, 0.2) is 42.6 Å². The van der Waals surface area contributed by atoms with Gasteiger partial charge in [0.05, 0.1) is 11.8 Å². The van der Waals surface area contributed by atoms with Crippen LogP contribution in [0.2, 0.25) is 0 Å². The van der Waals surface area contributed by atoms with Crippen LogP contribution in [0.25, 0.3) is 11.4 Å². The molecule has 3 amide bonds. The standard InChI is InChI=1S/C27H32N4O3/c1-17(2)15-23(31-26(33)21-8-3-4-9-22(21)27(31)34)25(32)29-19-12-10-18(11-13-19)24-28-16-20-7-5-6-14-30(20)24/h3-4,10-13,16-17,21-23H,5-9,14-15H2,1-2H3,(H,29,32). The van der Waals surface area contributed by atoms with E-state index in [1.807, 2.05) is 56.5 Å². The Kier molecular flexibility index (Phi) is 6.11. The number of aromatic nitrogens is 2. The molecule has 1 aromatic heterocycles. The number of allylic oxidation sites excluding steroid dienone is 2. The van der Waals surface area contributed by atoms with Crippen LogP contribution in [0.4, 0.5) is 5.69 Å². The van der Waals surface area contributed by atoms with E-state index in [9.17, 15) is 14.4 Å². The van der Waals surface area contributed by atoms with E-state index in [4.69, 9.17) is 0 Å². The number of nitrogens with one attached hydrogen (secondary N) is 1. The van der Waals surface area contributed by atoms with E-state index in [1.165, 1.54) is 17.0 Å². The monoisotopic (exact) mass is 460 g/mol. The molecular weight excluding hydrogens is 428 g/mol. The van der Waals surface area contributed by atoms with Crippen molar-refractivity contribution >= 4 is 23.4 Å². The fourth-order valence-corrected chi connectivity index (χ4v) is 5.50. The van der Waals surface area contributed by atoms with Gasteiger partial charge < -0.3 is 9.88 Å². The largest absolute Gasteiger partial charge is 0.328 e. The molecular formula is C27H32N4O3. The lowest BCUT2D eigenvalue weighted by Gasteiger charge is -2.27. The minimum atomic E-state index is -0.801. The van der Waals surface area contributed by atoms with Crippen LogP contribution in [-0.2, 0) is 27.3 Å². The molecule has 7 heteroatoms. The van der Waals surface area contributed by atoms with Crippen molar-refractivity contribution in [3.05, 3.63) is 48.3 Å². The van der Waals surface area contributed by atoms with E-state index < -0.39 is 6.04 Å². The number of amides is 3. The Labute approximate surface area is 200 Å². The average molecular weight is 461 g/mol. The summed E-state index contributed by atoms with van der Waals surface area (Å²) in [5, 5.41) is 2.95. The normalized spacial score (nSPS) is 22.6. The molecule has 3 unspecified atom stereocenters. The minimum absolute atomic E-state index is 0.158. The van der Waals surface area contributed by atoms with Gasteiger partial charge in [-0.15, -0.1) is 0 Å². The number of anilines is 1. The molecule has 1 aliphatic carbocycles. The quantitative estimate of drug-likeness (QED) is 0.517. The fraction of sp³-hybridized carbons (Fsp3) is 0.481. The fourth-order valence-electron chi connectivity index (χ4n) is 5.50. The third-order valence-corrected chi connectivity index (χ3v) is 7.26. The maximum absolute atomic E-state index is 13.3. The second-order valence-electron chi connectivity index (χ2n) is 10.1. The molecule has 0 spiro atoms. The molecule has 1 saturated heterocycles. The van der Waals surface area contributed by atoms with Crippen LogP contribution < -0.4 is 5.32 Å². The number of benzene rings is 1. The van der Waals surface area contributed by atoms with Gasteiger partial charge >= 0.3 is 0 Å². The first-order valence-corrected chi connectivity index (χ1v) is 12.4. The van der Waals surface area contributed by atoms with Crippen molar-refractivity contribution in [3.63, 3.8) is 0 Å². The second kappa shape index (κ2) is 9.20. The van der Waals surface area contributed by atoms with Gasteiger partial charge in [0, 0.05) is 29.7 Å². The Morgan fingerprint density at radius 2 is 1.74 bits per heavy atom. The molecule has 3 aliphatic rings. The van der Waals surface area contributed by atoms with Gasteiger partial charge in [-0.25, -0.2) is 4.98 Å². The Bertz CT molecular complexity index is 1110. The zero-order valence-corrected chi connectivity index (χ0v) is 19.9. The summed E-state index contributed by atoms with van der Waals surface area (Å²) < 4.78 is 2.27. The van der Waals surface area contributed by atoms with Crippen molar-refractivity contribution in [1.29, 1.82) is 0 Å². The van der Waals surface area contributed by atoms with Crippen molar-refractivity contribution in [2.75, 3.05) is 5.32 Å². The zero-order valence-electron chi connectivity index (χ0n) is 19.9. The topological polar surface area (TPSA) is 84.3 Å². The lowest BCUT2D eigenvalue weighted by molar-refractivity contribution is -0.147. The molecule has 3 heterocycles. The SMILES string of the molecule is CC(C)CC(C(=O)Nc1ccc(-c2ncc3n2CCCC3)cc1)N1C(=O)C2CC=CCC2C1=O. The highest BCUT2D eigenvalue weighted by molar-refractivity contribution is 6.10. The molecule has 1 N–H and O–H groups in total. The number of hydrogen-bond donors (Lipinski definition) is 1. The number of imide groups is 1. The maximum Gasteiger partial charge on any atom is 0.247 e. The first-order chi connectivity index (χ1) is 16.4. The number of likely N-dealkylation sites (tertiary alicyclic amines) is 1. The first kappa shape index (κ1) is 22.6. The van der Waals surface area contributed by atoms with Gasteiger partial charge in [0.15, 0.2) is 0 Å². The van der Waals surface area contributed by atoms with Gasteiger partial charge in [0.25, 0.3) is 0 Å². The number of fused-ring (bicyclic) bond motifs is 2. The highest BCUT2D eigenvalue weighted by atomic mass is 16.2. The Balaban J connectivity index is 1.33. The molecule has 7 nitrogen and oxygen atoms in total. The number of rotatable bonds is 6. The summed E-state index contributed by atoms with van der Waals surface area (Å²) in [7, 11) is 0. The third kappa shape index (κ3) is 4.08. The Hall–Kier alpha value is -3.22. The summed E-state index contributed by atoms with van der Waals surface area (Å²) in [4.78, 5) is 45.4. The zero-order chi connectivity index (χ0) is 23.8.